The van der Waals surface area contributed by atoms with Crippen LogP contribution in [0.3, 0.4) is 0 Å². The van der Waals surface area contributed by atoms with Gasteiger partial charge in [-0.3, -0.25) is 14.4 Å². The number of hydrogen-bond acceptors (Lipinski definition) is 3. The van der Waals surface area contributed by atoms with Gasteiger partial charge in [0.05, 0.1) is 23.4 Å². The second-order valence-electron chi connectivity index (χ2n) is 7.67. The summed E-state index contributed by atoms with van der Waals surface area (Å²) in [7, 11) is 0. The molecule has 4 aliphatic rings. The highest BCUT2D eigenvalue weighted by Crippen LogP contribution is 2.57. The molecular formula is C22H19NO3. The van der Waals surface area contributed by atoms with E-state index in [1.165, 1.54) is 4.90 Å². The summed E-state index contributed by atoms with van der Waals surface area (Å²) in [5, 5.41) is 0. The Hall–Kier alpha value is -2.75. The largest absolute Gasteiger partial charge is 0.299 e. The quantitative estimate of drug-likeness (QED) is 0.746. The first-order valence-electron chi connectivity index (χ1n) is 9.06. The summed E-state index contributed by atoms with van der Waals surface area (Å²) in [4.78, 5) is 40.7. The van der Waals surface area contributed by atoms with Crippen LogP contribution in [0.15, 0.2) is 42.5 Å². The fourth-order valence-corrected chi connectivity index (χ4v) is 5.17. The number of nitrogens with zero attached hydrogens (tertiary/aromatic N) is 1. The molecule has 0 aromatic heterocycles. The SMILES string of the molecule is Cc1cccc(N2C(=O)[C@@H]3[C@H](C2=O)[C@@H]2CC(=O)[C@@H]3c3ccccc32)c1C. The highest BCUT2D eigenvalue weighted by molar-refractivity contribution is 6.25. The summed E-state index contributed by atoms with van der Waals surface area (Å²) in [5.41, 5.74) is 4.65. The van der Waals surface area contributed by atoms with Crippen LogP contribution in [0, 0.1) is 25.7 Å². The predicted molar refractivity (Wildman–Crippen MR) is 96.9 cm³/mol. The summed E-state index contributed by atoms with van der Waals surface area (Å²) < 4.78 is 0. The molecule has 1 aliphatic heterocycles. The molecule has 0 unspecified atom stereocenters. The molecule has 0 radical (unpaired) electrons. The van der Waals surface area contributed by atoms with E-state index in [-0.39, 0.29) is 23.5 Å². The van der Waals surface area contributed by atoms with Crippen LogP contribution in [0.5, 0.6) is 0 Å². The van der Waals surface area contributed by atoms with E-state index >= 15 is 0 Å². The van der Waals surface area contributed by atoms with Crippen LogP contribution in [0.2, 0.25) is 0 Å². The van der Waals surface area contributed by atoms with Gasteiger partial charge in [0.15, 0.2) is 0 Å². The summed E-state index contributed by atoms with van der Waals surface area (Å²) in [6.07, 6.45) is 0.364. The Kier molecular flexibility index (Phi) is 3.06. The lowest BCUT2D eigenvalue weighted by molar-refractivity contribution is -0.134. The minimum absolute atomic E-state index is 0.0962. The molecule has 4 nitrogen and oxygen atoms in total. The minimum atomic E-state index is -0.552. The molecule has 4 atom stereocenters. The Morgan fingerprint density at radius 1 is 0.846 bits per heavy atom. The lowest BCUT2D eigenvalue weighted by Gasteiger charge is -2.43. The van der Waals surface area contributed by atoms with Gasteiger partial charge in [-0.2, -0.15) is 0 Å². The minimum Gasteiger partial charge on any atom is -0.299 e. The zero-order valence-electron chi connectivity index (χ0n) is 14.7. The van der Waals surface area contributed by atoms with Crippen molar-refractivity contribution in [3.8, 4) is 0 Å². The van der Waals surface area contributed by atoms with Crippen molar-refractivity contribution in [1.29, 1.82) is 0 Å². The van der Waals surface area contributed by atoms with Crippen LogP contribution < -0.4 is 4.90 Å². The van der Waals surface area contributed by atoms with E-state index in [0.717, 1.165) is 22.3 Å². The van der Waals surface area contributed by atoms with E-state index in [2.05, 4.69) is 0 Å². The third-order valence-electron chi connectivity index (χ3n) is 6.51. The normalized spacial score (nSPS) is 29.2. The number of hydrogen-bond donors (Lipinski definition) is 0. The fraction of sp³-hybridized carbons (Fsp3) is 0.318. The van der Waals surface area contributed by atoms with Crippen molar-refractivity contribution >= 4 is 23.3 Å². The molecule has 3 aliphatic carbocycles. The number of carbonyl (C=O) groups excluding carboxylic acids is 3. The van der Waals surface area contributed by atoms with Crippen LogP contribution in [0.25, 0.3) is 0 Å². The number of imide groups is 1. The first kappa shape index (κ1) is 15.5. The molecule has 4 heteroatoms. The predicted octanol–water partition coefficient (Wildman–Crippen LogP) is 3.26. The summed E-state index contributed by atoms with van der Waals surface area (Å²) in [5.74, 6) is -1.90. The van der Waals surface area contributed by atoms with Crippen molar-refractivity contribution in [2.75, 3.05) is 4.90 Å². The van der Waals surface area contributed by atoms with Crippen LogP contribution in [0.1, 0.15) is 40.5 Å². The zero-order chi connectivity index (χ0) is 18.2. The highest BCUT2D eigenvalue weighted by Gasteiger charge is 2.62. The average molecular weight is 345 g/mol. The number of fused-ring (bicyclic) bond motifs is 1. The third kappa shape index (κ3) is 1.77. The number of Topliss-reactive ketones (excluding diaryl/α,β-unsaturated/α-hetero) is 1. The number of benzene rings is 2. The highest BCUT2D eigenvalue weighted by atomic mass is 16.2. The number of rotatable bonds is 1. The smallest absolute Gasteiger partial charge is 0.238 e. The van der Waals surface area contributed by atoms with Gasteiger partial charge in [-0.25, -0.2) is 4.90 Å². The van der Waals surface area contributed by atoms with Gasteiger partial charge in [-0.1, -0.05) is 36.4 Å². The molecule has 1 saturated carbocycles. The van der Waals surface area contributed by atoms with E-state index in [9.17, 15) is 14.4 Å². The molecular weight excluding hydrogens is 326 g/mol. The molecule has 1 heterocycles. The topological polar surface area (TPSA) is 54.5 Å². The van der Waals surface area contributed by atoms with Crippen molar-refractivity contribution in [2.45, 2.75) is 32.1 Å². The van der Waals surface area contributed by atoms with Crippen molar-refractivity contribution in [1.82, 2.24) is 0 Å². The number of carbonyl (C=O) groups is 3. The molecule has 2 aromatic carbocycles. The summed E-state index contributed by atoms with van der Waals surface area (Å²) in [6.45, 7) is 3.90. The molecule has 1 saturated heterocycles. The van der Waals surface area contributed by atoms with E-state index in [1.54, 1.807) is 0 Å². The molecule has 130 valence electrons. The Bertz CT molecular complexity index is 993. The first-order valence-corrected chi connectivity index (χ1v) is 9.06. The number of amides is 2. The monoisotopic (exact) mass is 345 g/mol. The number of anilines is 1. The van der Waals surface area contributed by atoms with E-state index in [4.69, 9.17) is 0 Å². The first-order chi connectivity index (χ1) is 12.5. The van der Waals surface area contributed by atoms with E-state index in [1.807, 2.05) is 56.3 Å². The maximum Gasteiger partial charge on any atom is 0.238 e. The molecule has 0 N–H and O–H groups in total. The van der Waals surface area contributed by atoms with Crippen LogP contribution >= 0.6 is 0 Å². The maximum atomic E-state index is 13.3. The van der Waals surface area contributed by atoms with Gasteiger partial charge in [0, 0.05) is 12.3 Å². The van der Waals surface area contributed by atoms with E-state index in [0.29, 0.717) is 12.1 Å². The van der Waals surface area contributed by atoms with Gasteiger partial charge >= 0.3 is 0 Å². The number of ketones is 1. The van der Waals surface area contributed by atoms with E-state index < -0.39 is 17.8 Å². The molecule has 2 bridgehead atoms. The lowest BCUT2D eigenvalue weighted by Crippen LogP contribution is -2.44. The van der Waals surface area contributed by atoms with Gasteiger partial charge in [-0.05, 0) is 42.2 Å². The van der Waals surface area contributed by atoms with Gasteiger partial charge < -0.3 is 0 Å². The second-order valence-corrected chi connectivity index (χ2v) is 7.67. The zero-order valence-corrected chi connectivity index (χ0v) is 14.7. The van der Waals surface area contributed by atoms with Gasteiger partial charge in [0.25, 0.3) is 0 Å². The van der Waals surface area contributed by atoms with Crippen molar-refractivity contribution in [2.24, 2.45) is 11.8 Å². The van der Waals surface area contributed by atoms with Gasteiger partial charge in [0.1, 0.15) is 5.78 Å². The third-order valence-corrected chi connectivity index (χ3v) is 6.51. The van der Waals surface area contributed by atoms with Gasteiger partial charge in [-0.15, -0.1) is 0 Å². The van der Waals surface area contributed by atoms with Crippen LogP contribution in [0.4, 0.5) is 5.69 Å². The molecule has 0 spiro atoms. The molecule has 26 heavy (non-hydrogen) atoms. The lowest BCUT2D eigenvalue weighted by atomic mass is 9.56. The molecule has 6 rings (SSSR count). The Labute approximate surface area is 151 Å². The Balaban J connectivity index is 1.68. The van der Waals surface area contributed by atoms with Gasteiger partial charge in [0.2, 0.25) is 11.8 Å². The van der Waals surface area contributed by atoms with Crippen molar-refractivity contribution in [3.63, 3.8) is 0 Å². The van der Waals surface area contributed by atoms with Crippen LogP contribution in [-0.2, 0) is 14.4 Å². The van der Waals surface area contributed by atoms with Crippen LogP contribution in [-0.4, -0.2) is 17.6 Å². The Morgan fingerprint density at radius 3 is 2.31 bits per heavy atom. The summed E-state index contributed by atoms with van der Waals surface area (Å²) >= 11 is 0. The molecule has 2 fully saturated rings. The second kappa shape index (κ2) is 5.13. The standard InChI is InChI=1S/C22H19NO3/c1-11-6-5-9-16(12(11)2)23-21(25)19-15-10-17(24)18(20(19)22(23)26)14-8-4-3-7-13(14)15/h3-9,15,18-20H,10H2,1-2H3/t15-,18+,19-,20+/m1/s1. The Morgan fingerprint density at radius 2 is 1.54 bits per heavy atom. The molecule has 2 amide bonds. The van der Waals surface area contributed by atoms with Crippen molar-refractivity contribution < 1.29 is 14.4 Å². The molecule has 2 aromatic rings. The fourth-order valence-electron chi connectivity index (χ4n) is 5.17. The summed E-state index contributed by atoms with van der Waals surface area (Å²) in [6, 6.07) is 13.5. The van der Waals surface area contributed by atoms with Crippen molar-refractivity contribution in [3.05, 3.63) is 64.7 Å². The number of aryl methyl sites for hydroxylation is 1. The maximum absolute atomic E-state index is 13.3. The average Bonchev–Trinajstić information content (AvgIpc) is 2.90.